The van der Waals surface area contributed by atoms with Crippen LogP contribution in [0.25, 0.3) is 0 Å². The van der Waals surface area contributed by atoms with Crippen LogP contribution < -0.4 is 5.32 Å². The molecule has 1 heterocycles. The second-order valence-corrected chi connectivity index (χ2v) is 6.69. The molecule has 1 aromatic rings. The van der Waals surface area contributed by atoms with Gasteiger partial charge in [-0.2, -0.15) is 11.8 Å². The number of rotatable bonds is 6. The highest BCUT2D eigenvalue weighted by Crippen LogP contribution is 2.32. The summed E-state index contributed by atoms with van der Waals surface area (Å²) in [7, 11) is 0. The van der Waals surface area contributed by atoms with Crippen molar-refractivity contribution in [2.45, 2.75) is 38.6 Å². The van der Waals surface area contributed by atoms with Crippen LogP contribution >= 0.6 is 11.8 Å². The summed E-state index contributed by atoms with van der Waals surface area (Å²) in [6.07, 6.45) is 4.27. The largest absolute Gasteiger partial charge is 0.310 e. The van der Waals surface area contributed by atoms with E-state index in [9.17, 15) is 8.78 Å². The summed E-state index contributed by atoms with van der Waals surface area (Å²) in [5.74, 6) is 2.34. The summed E-state index contributed by atoms with van der Waals surface area (Å²) in [5, 5.41) is 3.39. The molecule has 1 aliphatic rings. The fourth-order valence-electron chi connectivity index (χ4n) is 2.74. The molecule has 1 aromatic carbocycles. The number of nitrogens with one attached hydrogen (secondary N) is 1. The van der Waals surface area contributed by atoms with Crippen molar-refractivity contribution in [1.29, 1.82) is 0 Å². The van der Waals surface area contributed by atoms with E-state index < -0.39 is 0 Å². The Hall–Kier alpha value is -0.610. The van der Waals surface area contributed by atoms with E-state index >= 15 is 0 Å². The lowest BCUT2D eigenvalue weighted by Gasteiger charge is -2.27. The van der Waals surface area contributed by atoms with E-state index in [1.165, 1.54) is 42.5 Å². The maximum atomic E-state index is 14.0. The van der Waals surface area contributed by atoms with Gasteiger partial charge in [-0.25, -0.2) is 8.78 Å². The van der Waals surface area contributed by atoms with Crippen LogP contribution in [-0.2, 0) is 0 Å². The molecule has 4 heteroatoms. The molecule has 1 atom stereocenters. The molecule has 0 bridgehead atoms. The molecule has 2 rings (SSSR count). The lowest BCUT2D eigenvalue weighted by molar-refractivity contribution is 0.362. The van der Waals surface area contributed by atoms with Crippen molar-refractivity contribution in [2.24, 2.45) is 5.92 Å². The fraction of sp³-hybridized carbons (Fsp3) is 0.625. The highest BCUT2D eigenvalue weighted by molar-refractivity contribution is 7.99. The van der Waals surface area contributed by atoms with Gasteiger partial charge < -0.3 is 5.32 Å². The van der Waals surface area contributed by atoms with E-state index in [1.807, 2.05) is 11.8 Å². The average Bonchev–Trinajstić information content (AvgIpc) is 2.47. The minimum Gasteiger partial charge on any atom is -0.310 e. The van der Waals surface area contributed by atoms with Crippen LogP contribution in [-0.4, -0.2) is 18.1 Å². The van der Waals surface area contributed by atoms with Gasteiger partial charge in [0.25, 0.3) is 0 Å². The van der Waals surface area contributed by atoms with Gasteiger partial charge >= 0.3 is 0 Å². The summed E-state index contributed by atoms with van der Waals surface area (Å²) in [5.41, 5.74) is 0.483. The molecule has 1 fully saturated rings. The molecule has 0 saturated carbocycles. The predicted molar refractivity (Wildman–Crippen MR) is 82.1 cm³/mol. The first-order valence-corrected chi connectivity index (χ1v) is 8.62. The summed E-state index contributed by atoms with van der Waals surface area (Å²) in [6, 6.07) is 3.70. The predicted octanol–water partition coefficient (Wildman–Crippen LogP) is 4.54. The van der Waals surface area contributed by atoms with E-state index in [-0.39, 0.29) is 17.7 Å². The van der Waals surface area contributed by atoms with Gasteiger partial charge in [0.05, 0.1) is 0 Å². The van der Waals surface area contributed by atoms with Crippen molar-refractivity contribution in [3.05, 3.63) is 35.4 Å². The van der Waals surface area contributed by atoms with Crippen LogP contribution in [0, 0.1) is 17.6 Å². The van der Waals surface area contributed by atoms with Crippen molar-refractivity contribution in [3.8, 4) is 0 Å². The Labute approximate surface area is 124 Å². The summed E-state index contributed by atoms with van der Waals surface area (Å²) in [4.78, 5) is 0. The fourth-order valence-corrected chi connectivity index (χ4v) is 3.94. The van der Waals surface area contributed by atoms with Crippen LogP contribution in [0.15, 0.2) is 18.2 Å². The van der Waals surface area contributed by atoms with E-state index in [4.69, 9.17) is 0 Å². The zero-order valence-corrected chi connectivity index (χ0v) is 12.8. The Morgan fingerprint density at radius 3 is 2.75 bits per heavy atom. The third kappa shape index (κ3) is 4.45. The highest BCUT2D eigenvalue weighted by atomic mass is 32.2. The Morgan fingerprint density at radius 1 is 1.30 bits per heavy atom. The van der Waals surface area contributed by atoms with Crippen molar-refractivity contribution in [2.75, 3.05) is 18.1 Å². The molecule has 20 heavy (non-hydrogen) atoms. The van der Waals surface area contributed by atoms with Gasteiger partial charge in [0.2, 0.25) is 0 Å². The highest BCUT2D eigenvalue weighted by Gasteiger charge is 2.22. The van der Waals surface area contributed by atoms with Crippen LogP contribution in [0.4, 0.5) is 8.78 Å². The maximum Gasteiger partial charge on any atom is 0.128 e. The van der Waals surface area contributed by atoms with Crippen LogP contribution in [0.2, 0.25) is 0 Å². The Kier molecular flexibility index (Phi) is 6.30. The normalized spacial score (nSPS) is 18.1. The smallest absolute Gasteiger partial charge is 0.128 e. The number of hydrogen-bond acceptors (Lipinski definition) is 2. The van der Waals surface area contributed by atoms with Crippen LogP contribution in [0.3, 0.4) is 0 Å². The standard InChI is InChI=1S/C16H23F2NS/c1-2-7-19-16(10-12-5-8-20-9-6-12)14-11-13(17)3-4-15(14)18/h3-4,11-12,16,19H,2,5-10H2,1H3. The molecular weight excluding hydrogens is 276 g/mol. The van der Waals surface area contributed by atoms with Crippen molar-refractivity contribution in [1.82, 2.24) is 5.32 Å². The van der Waals surface area contributed by atoms with Crippen molar-refractivity contribution < 1.29 is 8.78 Å². The summed E-state index contributed by atoms with van der Waals surface area (Å²) >= 11 is 1.99. The molecule has 0 aliphatic carbocycles. The number of thioether (sulfide) groups is 1. The second-order valence-electron chi connectivity index (χ2n) is 5.46. The SMILES string of the molecule is CCCNC(CC1CCSCC1)c1cc(F)ccc1F. The van der Waals surface area contributed by atoms with Gasteiger partial charge in [-0.05, 0) is 67.9 Å². The molecule has 1 unspecified atom stereocenters. The minimum atomic E-state index is -0.358. The van der Waals surface area contributed by atoms with Gasteiger partial charge in [-0.1, -0.05) is 6.92 Å². The molecule has 1 aliphatic heterocycles. The van der Waals surface area contributed by atoms with Crippen LogP contribution in [0.1, 0.15) is 44.2 Å². The summed E-state index contributed by atoms with van der Waals surface area (Å²) < 4.78 is 27.4. The lowest BCUT2D eigenvalue weighted by Crippen LogP contribution is -2.26. The Balaban J connectivity index is 2.10. The average molecular weight is 299 g/mol. The zero-order valence-electron chi connectivity index (χ0n) is 12.0. The quantitative estimate of drug-likeness (QED) is 0.827. The molecule has 0 aromatic heterocycles. The van der Waals surface area contributed by atoms with Crippen molar-refractivity contribution >= 4 is 11.8 Å². The van der Waals surface area contributed by atoms with Gasteiger partial charge in [0, 0.05) is 11.6 Å². The molecule has 0 radical (unpaired) electrons. The maximum absolute atomic E-state index is 14.0. The van der Waals surface area contributed by atoms with E-state index in [0.717, 1.165) is 19.4 Å². The Morgan fingerprint density at radius 2 is 2.05 bits per heavy atom. The first kappa shape index (κ1) is 15.8. The molecule has 1 saturated heterocycles. The number of halogens is 2. The first-order valence-electron chi connectivity index (χ1n) is 7.46. The van der Waals surface area contributed by atoms with E-state index in [1.54, 1.807) is 0 Å². The van der Waals surface area contributed by atoms with E-state index in [0.29, 0.717) is 11.5 Å². The van der Waals surface area contributed by atoms with E-state index in [2.05, 4.69) is 12.2 Å². The Bertz CT molecular complexity index is 419. The minimum absolute atomic E-state index is 0.0706. The van der Waals surface area contributed by atoms with Gasteiger partial charge in [0.1, 0.15) is 11.6 Å². The monoisotopic (exact) mass is 299 g/mol. The molecule has 0 amide bonds. The van der Waals surface area contributed by atoms with Gasteiger partial charge in [-0.3, -0.25) is 0 Å². The van der Waals surface area contributed by atoms with Crippen LogP contribution in [0.5, 0.6) is 0 Å². The molecule has 1 nitrogen and oxygen atoms in total. The first-order chi connectivity index (χ1) is 9.70. The molecule has 1 N–H and O–H groups in total. The van der Waals surface area contributed by atoms with Gasteiger partial charge in [0.15, 0.2) is 0 Å². The third-order valence-corrected chi connectivity index (χ3v) is 4.93. The summed E-state index contributed by atoms with van der Waals surface area (Å²) in [6.45, 7) is 2.92. The number of benzene rings is 1. The third-order valence-electron chi connectivity index (χ3n) is 3.88. The molecule has 112 valence electrons. The second kappa shape index (κ2) is 7.99. The molecule has 0 spiro atoms. The van der Waals surface area contributed by atoms with Gasteiger partial charge in [-0.15, -0.1) is 0 Å². The van der Waals surface area contributed by atoms with Crippen molar-refractivity contribution in [3.63, 3.8) is 0 Å². The topological polar surface area (TPSA) is 12.0 Å². The molecular formula is C16H23F2NS. The number of hydrogen-bond donors (Lipinski definition) is 1. The lowest BCUT2D eigenvalue weighted by atomic mass is 9.90. The zero-order chi connectivity index (χ0) is 14.4.